The van der Waals surface area contributed by atoms with Crippen molar-refractivity contribution in [2.24, 2.45) is 0 Å². The van der Waals surface area contributed by atoms with Crippen molar-refractivity contribution in [2.45, 2.75) is 29.6 Å². The molecule has 1 N–H and O–H groups in total. The Morgan fingerprint density at radius 2 is 0.913 bits per heavy atom. The second kappa shape index (κ2) is 7.13. The normalized spacial score (nSPS) is 13.7. The number of alkyl halides is 10. The van der Waals surface area contributed by atoms with Gasteiger partial charge in [0.15, 0.2) is 0 Å². The maximum absolute atomic E-state index is 12.7. The van der Waals surface area contributed by atoms with Crippen molar-refractivity contribution in [3.8, 4) is 0 Å². The predicted octanol–water partition coefficient (Wildman–Crippen LogP) is -5.74. The first-order valence-corrected chi connectivity index (χ1v) is 4.25. The van der Waals surface area contributed by atoms with Gasteiger partial charge in [-0.1, -0.05) is 0 Å². The number of halogens is 10. The molecule has 0 aromatic heterocycles. The van der Waals surface area contributed by atoms with Crippen molar-refractivity contribution in [3.63, 3.8) is 0 Å². The van der Waals surface area contributed by atoms with Gasteiger partial charge in [-0.2, -0.15) is 43.9 Å². The van der Waals surface area contributed by atoms with E-state index < -0.39 is 41.5 Å². The van der Waals surface area contributed by atoms with Crippen molar-refractivity contribution in [1.82, 2.24) is 0 Å². The fourth-order valence-electron chi connectivity index (χ4n) is 0.862. The molecule has 0 atom stereocenters. The van der Waals surface area contributed by atoms with Crippen LogP contribution in [0.25, 0.3) is 0 Å². The van der Waals surface area contributed by atoms with Crippen molar-refractivity contribution in [3.05, 3.63) is 0 Å². The fourth-order valence-corrected chi connectivity index (χ4v) is 0.862. The van der Waals surface area contributed by atoms with Gasteiger partial charge in [0.05, 0.1) is 0 Å². The summed E-state index contributed by atoms with van der Waals surface area (Å²) in [6, 6.07) is 0. The standard InChI is InChI=1S/C7H3F10NO3.2Li/c8-3(9,1(18)19)5(12,13)7(16,17)6(14,15)4(10,11)2(20)21;;/h(H2,18,19)(H,20,21);;/q;2*+1/p-2. The zero-order valence-corrected chi connectivity index (χ0v) is 11.0. The average molecular weight is 351 g/mol. The molecule has 0 aliphatic heterocycles. The SMILES string of the molecule is N=C([O-])C(F)(F)C(F)(F)C(F)(F)C(F)(F)C(F)(F)C(=O)[O-].[Li+].[Li+]. The number of hydrogen-bond acceptors (Lipinski definition) is 4. The van der Waals surface area contributed by atoms with Gasteiger partial charge in [0, 0.05) is 5.90 Å². The molecular formula is C7HF10Li2NO3. The number of hydrogen-bond donors (Lipinski definition) is 1. The van der Waals surface area contributed by atoms with Gasteiger partial charge in [0.1, 0.15) is 5.97 Å². The van der Waals surface area contributed by atoms with Crippen LogP contribution in [0.15, 0.2) is 0 Å². The largest absolute Gasteiger partial charge is 1.00 e. The summed E-state index contributed by atoms with van der Waals surface area (Å²) in [6.45, 7) is 0. The van der Waals surface area contributed by atoms with Crippen LogP contribution in [-0.4, -0.2) is 41.5 Å². The second-order valence-electron chi connectivity index (χ2n) is 3.49. The Morgan fingerprint density at radius 3 is 1.13 bits per heavy atom. The first-order chi connectivity index (χ1) is 8.89. The van der Waals surface area contributed by atoms with Gasteiger partial charge < -0.3 is 20.4 Å². The Labute approximate surface area is 144 Å². The molecule has 4 nitrogen and oxygen atoms in total. The van der Waals surface area contributed by atoms with Gasteiger partial charge in [-0.3, -0.25) is 0 Å². The number of carbonyl (C=O) groups is 1. The Bertz CT molecular complexity index is 429. The van der Waals surface area contributed by atoms with E-state index in [1.807, 2.05) is 0 Å². The van der Waals surface area contributed by atoms with Crippen molar-refractivity contribution in [2.75, 3.05) is 0 Å². The molecule has 0 heterocycles. The molecule has 0 aromatic carbocycles. The van der Waals surface area contributed by atoms with E-state index in [2.05, 4.69) is 0 Å². The first kappa shape index (κ1) is 27.3. The van der Waals surface area contributed by atoms with E-state index in [0.29, 0.717) is 0 Å². The summed E-state index contributed by atoms with van der Waals surface area (Å²) in [5.74, 6) is -44.5. The van der Waals surface area contributed by atoms with E-state index in [0.717, 1.165) is 0 Å². The molecule has 0 bridgehead atoms. The summed E-state index contributed by atoms with van der Waals surface area (Å²) >= 11 is 0. The molecule has 0 rings (SSSR count). The molecule has 16 heteroatoms. The van der Waals surface area contributed by atoms with E-state index in [4.69, 9.17) is 5.41 Å². The van der Waals surface area contributed by atoms with Crippen LogP contribution >= 0.6 is 0 Å². The van der Waals surface area contributed by atoms with E-state index in [1.165, 1.54) is 0 Å². The zero-order valence-electron chi connectivity index (χ0n) is 11.0. The summed E-state index contributed by atoms with van der Waals surface area (Å²) in [5.41, 5.74) is 0. The number of carbonyl (C=O) groups excluding carboxylic acids is 1. The summed E-state index contributed by atoms with van der Waals surface area (Å²) in [7, 11) is 0. The van der Waals surface area contributed by atoms with Crippen molar-refractivity contribution in [1.29, 1.82) is 5.41 Å². The third kappa shape index (κ3) is 3.60. The van der Waals surface area contributed by atoms with Crippen LogP contribution in [0, 0.1) is 5.41 Å². The predicted molar refractivity (Wildman–Crippen MR) is 37.5 cm³/mol. The Kier molecular flexibility index (Phi) is 8.46. The van der Waals surface area contributed by atoms with Crippen LogP contribution in [0.2, 0.25) is 0 Å². The van der Waals surface area contributed by atoms with Crippen LogP contribution in [0.3, 0.4) is 0 Å². The Balaban J connectivity index is -0.00000200. The maximum Gasteiger partial charge on any atom is 1.00 e. The van der Waals surface area contributed by atoms with Crippen molar-refractivity contribution < 1.29 is 96.6 Å². The summed E-state index contributed by atoms with van der Waals surface area (Å²) in [4.78, 5) is 9.61. The minimum absolute atomic E-state index is 0. The van der Waals surface area contributed by atoms with E-state index in [9.17, 15) is 58.9 Å². The summed E-state index contributed by atoms with van der Waals surface area (Å²) < 4.78 is 125. The molecule has 0 amide bonds. The molecule has 0 unspecified atom stereocenters. The third-order valence-corrected chi connectivity index (χ3v) is 2.12. The van der Waals surface area contributed by atoms with Gasteiger partial charge in [-0.15, -0.1) is 0 Å². The molecule has 124 valence electrons. The number of nitrogens with one attached hydrogen (secondary N) is 1. The topological polar surface area (TPSA) is 87.0 Å². The van der Waals surface area contributed by atoms with E-state index in [1.54, 1.807) is 0 Å². The fraction of sp³-hybridized carbons (Fsp3) is 0.714. The molecule has 0 radical (unpaired) electrons. The molecule has 0 fully saturated rings. The molecule has 0 saturated heterocycles. The minimum Gasteiger partial charge on any atom is -0.858 e. The first-order valence-electron chi connectivity index (χ1n) is 4.25. The molecule has 0 aromatic rings. The number of rotatable bonds is 6. The van der Waals surface area contributed by atoms with E-state index in [-0.39, 0.29) is 37.7 Å². The van der Waals surface area contributed by atoms with Gasteiger partial charge in [0.25, 0.3) is 0 Å². The van der Waals surface area contributed by atoms with Crippen LogP contribution in [0.1, 0.15) is 0 Å². The molecule has 0 aliphatic carbocycles. The van der Waals surface area contributed by atoms with Crippen LogP contribution in [-0.2, 0) is 4.79 Å². The average Bonchev–Trinajstić information content (AvgIpc) is 2.27. The van der Waals surface area contributed by atoms with Gasteiger partial charge in [-0.25, -0.2) is 0 Å². The monoisotopic (exact) mass is 351 g/mol. The molecule has 0 spiro atoms. The Hall–Kier alpha value is -0.565. The van der Waals surface area contributed by atoms with Crippen LogP contribution in [0.5, 0.6) is 0 Å². The van der Waals surface area contributed by atoms with Crippen LogP contribution < -0.4 is 47.9 Å². The minimum atomic E-state index is -7.70. The van der Waals surface area contributed by atoms with E-state index >= 15 is 0 Å². The zero-order chi connectivity index (χ0) is 17.7. The molecule has 0 aliphatic rings. The van der Waals surface area contributed by atoms with Gasteiger partial charge in [-0.05, 0) is 0 Å². The number of carboxylic acids is 1. The molecule has 0 saturated carbocycles. The second-order valence-corrected chi connectivity index (χ2v) is 3.49. The smallest absolute Gasteiger partial charge is 0.858 e. The maximum atomic E-state index is 12.7. The van der Waals surface area contributed by atoms with Gasteiger partial charge in [0.2, 0.25) is 0 Å². The Morgan fingerprint density at radius 1 is 0.652 bits per heavy atom. The molecule has 23 heavy (non-hydrogen) atoms. The third-order valence-electron chi connectivity index (χ3n) is 2.12. The number of carboxylic acid groups (broad SMARTS) is 1. The summed E-state index contributed by atoms with van der Waals surface area (Å²) in [5, 5.41) is 25.0. The van der Waals surface area contributed by atoms with Gasteiger partial charge >= 0.3 is 67.3 Å². The summed E-state index contributed by atoms with van der Waals surface area (Å²) in [6.07, 6.45) is 0. The quantitative estimate of drug-likeness (QED) is 0.224. The van der Waals surface area contributed by atoms with Crippen LogP contribution in [0.4, 0.5) is 43.9 Å². The number of aliphatic carboxylic acids is 1. The molecular weight excluding hydrogens is 350 g/mol. The van der Waals surface area contributed by atoms with Crippen molar-refractivity contribution >= 4 is 11.9 Å².